The summed E-state index contributed by atoms with van der Waals surface area (Å²) in [5.74, 6) is 0. The molecule has 0 aliphatic carbocycles. The van der Waals surface area contributed by atoms with Crippen LogP contribution in [0.2, 0.25) is 0 Å². The zero-order chi connectivity index (χ0) is 12.4. The van der Waals surface area contributed by atoms with E-state index in [1.165, 1.54) is 24.3 Å². The van der Waals surface area contributed by atoms with Crippen molar-refractivity contribution >= 4 is 11.3 Å². The molecule has 0 aromatic carbocycles. The maximum Gasteiger partial charge on any atom is 0.137 e. The third kappa shape index (κ3) is 2.59. The van der Waals surface area contributed by atoms with E-state index in [1.54, 1.807) is 24.0 Å². The summed E-state index contributed by atoms with van der Waals surface area (Å²) in [7, 11) is 0. The molecule has 2 aromatic rings. The molecule has 1 aliphatic rings. The number of hydrogen-bond donors (Lipinski definition) is 0. The molecule has 2 aromatic heterocycles. The molecule has 1 fully saturated rings. The fourth-order valence-electron chi connectivity index (χ4n) is 2.53. The topological polar surface area (TPSA) is 46.8 Å². The van der Waals surface area contributed by atoms with Gasteiger partial charge in [0.2, 0.25) is 0 Å². The zero-order valence-electron chi connectivity index (χ0n) is 10.5. The van der Waals surface area contributed by atoms with E-state index in [-0.39, 0.29) is 0 Å². The van der Waals surface area contributed by atoms with Crippen LogP contribution in [0.25, 0.3) is 0 Å². The first-order valence-electron chi connectivity index (χ1n) is 6.29. The number of aryl methyl sites for hydroxylation is 1. The smallest absolute Gasteiger partial charge is 0.137 e. The molecule has 3 heterocycles. The second-order valence-corrected chi connectivity index (χ2v) is 6.05. The molecule has 0 unspecified atom stereocenters. The summed E-state index contributed by atoms with van der Waals surface area (Å²) in [6.07, 6.45) is 7.93. The highest BCUT2D eigenvalue weighted by Crippen LogP contribution is 2.23. The molecule has 96 valence electrons. The van der Waals surface area contributed by atoms with Crippen LogP contribution in [-0.4, -0.2) is 37.2 Å². The standard InChI is InChI=1S/C12H17N5S/c1-10-14-5-12(18-10)7-16-4-2-3-11(16)6-17-9-13-8-15-17/h5,8-9,11H,2-4,6-7H2,1H3/t11-/m0/s1. The lowest BCUT2D eigenvalue weighted by atomic mass is 10.2. The van der Waals surface area contributed by atoms with Gasteiger partial charge in [-0.05, 0) is 26.3 Å². The van der Waals surface area contributed by atoms with E-state index >= 15 is 0 Å². The van der Waals surface area contributed by atoms with Gasteiger partial charge in [-0.15, -0.1) is 11.3 Å². The van der Waals surface area contributed by atoms with Crippen LogP contribution in [0.1, 0.15) is 22.7 Å². The van der Waals surface area contributed by atoms with Gasteiger partial charge < -0.3 is 0 Å². The van der Waals surface area contributed by atoms with Gasteiger partial charge in [-0.25, -0.2) is 9.97 Å². The SMILES string of the molecule is Cc1ncc(CN2CCC[C@H]2Cn2cncn2)s1. The average molecular weight is 263 g/mol. The summed E-state index contributed by atoms with van der Waals surface area (Å²) in [4.78, 5) is 12.2. The van der Waals surface area contributed by atoms with Gasteiger partial charge in [-0.3, -0.25) is 9.58 Å². The molecule has 0 amide bonds. The molecule has 1 atom stereocenters. The lowest BCUT2D eigenvalue weighted by molar-refractivity contribution is 0.220. The minimum Gasteiger partial charge on any atom is -0.293 e. The van der Waals surface area contributed by atoms with Crippen molar-refractivity contribution in [2.75, 3.05) is 6.54 Å². The monoisotopic (exact) mass is 263 g/mol. The van der Waals surface area contributed by atoms with Gasteiger partial charge in [0.1, 0.15) is 12.7 Å². The second-order valence-electron chi connectivity index (χ2n) is 4.73. The van der Waals surface area contributed by atoms with Gasteiger partial charge in [0.15, 0.2) is 0 Å². The van der Waals surface area contributed by atoms with E-state index < -0.39 is 0 Å². The first-order valence-corrected chi connectivity index (χ1v) is 7.10. The van der Waals surface area contributed by atoms with E-state index in [9.17, 15) is 0 Å². The van der Waals surface area contributed by atoms with Crippen molar-refractivity contribution in [2.45, 2.75) is 38.9 Å². The zero-order valence-corrected chi connectivity index (χ0v) is 11.3. The fourth-order valence-corrected chi connectivity index (χ4v) is 3.35. The van der Waals surface area contributed by atoms with Crippen LogP contribution in [-0.2, 0) is 13.1 Å². The fraction of sp³-hybridized carbons (Fsp3) is 0.583. The summed E-state index contributed by atoms with van der Waals surface area (Å²) in [6.45, 7) is 5.20. The van der Waals surface area contributed by atoms with Crippen molar-refractivity contribution in [3.63, 3.8) is 0 Å². The number of aromatic nitrogens is 4. The predicted octanol–water partition coefficient (Wildman–Crippen LogP) is 1.71. The molecule has 18 heavy (non-hydrogen) atoms. The van der Waals surface area contributed by atoms with Crippen LogP contribution >= 0.6 is 11.3 Å². The molecule has 0 radical (unpaired) electrons. The maximum atomic E-state index is 4.32. The Balaban J connectivity index is 1.64. The summed E-state index contributed by atoms with van der Waals surface area (Å²) in [5.41, 5.74) is 0. The Morgan fingerprint density at radius 1 is 1.50 bits per heavy atom. The Hall–Kier alpha value is -1.27. The second kappa shape index (κ2) is 5.16. The number of hydrogen-bond acceptors (Lipinski definition) is 5. The van der Waals surface area contributed by atoms with Crippen LogP contribution in [0.15, 0.2) is 18.9 Å². The van der Waals surface area contributed by atoms with Crippen LogP contribution in [0.4, 0.5) is 0 Å². The normalized spacial score (nSPS) is 20.6. The quantitative estimate of drug-likeness (QED) is 0.842. The first kappa shape index (κ1) is 11.8. The largest absolute Gasteiger partial charge is 0.293 e. The minimum absolute atomic E-state index is 0.578. The Kier molecular flexibility index (Phi) is 3.38. The molecule has 3 rings (SSSR count). The Morgan fingerprint density at radius 3 is 3.17 bits per heavy atom. The van der Waals surface area contributed by atoms with Crippen molar-refractivity contribution in [1.29, 1.82) is 0 Å². The van der Waals surface area contributed by atoms with Gasteiger partial charge in [0, 0.05) is 23.7 Å². The Morgan fingerprint density at radius 2 is 2.44 bits per heavy atom. The van der Waals surface area contributed by atoms with Crippen LogP contribution in [0, 0.1) is 6.92 Å². The van der Waals surface area contributed by atoms with E-state index in [2.05, 4.69) is 26.9 Å². The Bertz CT molecular complexity index is 492. The summed E-state index contributed by atoms with van der Waals surface area (Å²) < 4.78 is 1.93. The molecule has 0 N–H and O–H groups in total. The van der Waals surface area contributed by atoms with Crippen molar-refractivity contribution in [2.24, 2.45) is 0 Å². The third-order valence-electron chi connectivity index (χ3n) is 3.39. The van der Waals surface area contributed by atoms with Crippen LogP contribution < -0.4 is 0 Å². The molecular weight excluding hydrogens is 246 g/mol. The highest BCUT2D eigenvalue weighted by atomic mass is 32.1. The highest BCUT2D eigenvalue weighted by Gasteiger charge is 2.25. The third-order valence-corrected chi connectivity index (χ3v) is 4.29. The number of rotatable bonds is 4. The number of nitrogens with zero attached hydrogens (tertiary/aromatic N) is 5. The maximum absolute atomic E-state index is 4.32. The predicted molar refractivity (Wildman–Crippen MR) is 70.3 cm³/mol. The van der Waals surface area contributed by atoms with Gasteiger partial charge >= 0.3 is 0 Å². The molecule has 0 bridgehead atoms. The Labute approximate surface area is 110 Å². The van der Waals surface area contributed by atoms with Crippen LogP contribution in [0.5, 0.6) is 0 Å². The van der Waals surface area contributed by atoms with Crippen molar-refractivity contribution in [3.05, 3.63) is 28.7 Å². The van der Waals surface area contributed by atoms with Gasteiger partial charge in [0.25, 0.3) is 0 Å². The lowest BCUT2D eigenvalue weighted by Crippen LogP contribution is -2.32. The van der Waals surface area contributed by atoms with Crippen molar-refractivity contribution < 1.29 is 0 Å². The molecule has 5 nitrogen and oxygen atoms in total. The van der Waals surface area contributed by atoms with E-state index in [0.717, 1.165) is 18.1 Å². The molecule has 0 saturated carbocycles. The average Bonchev–Trinajstić information content (AvgIpc) is 3.05. The van der Waals surface area contributed by atoms with Crippen molar-refractivity contribution in [1.82, 2.24) is 24.6 Å². The number of thiazole rings is 1. The minimum atomic E-state index is 0.578. The van der Waals surface area contributed by atoms with Crippen LogP contribution in [0.3, 0.4) is 0 Å². The van der Waals surface area contributed by atoms with E-state index in [1.807, 2.05) is 10.9 Å². The summed E-state index contributed by atoms with van der Waals surface area (Å²) >= 11 is 1.80. The molecule has 0 spiro atoms. The lowest BCUT2D eigenvalue weighted by Gasteiger charge is -2.23. The molecule has 1 saturated heterocycles. The first-order chi connectivity index (χ1) is 8.81. The summed E-state index contributed by atoms with van der Waals surface area (Å²) in [5, 5.41) is 5.34. The molecule has 6 heteroatoms. The van der Waals surface area contributed by atoms with E-state index in [0.29, 0.717) is 6.04 Å². The van der Waals surface area contributed by atoms with Gasteiger partial charge in [-0.1, -0.05) is 0 Å². The van der Waals surface area contributed by atoms with Gasteiger partial charge in [0.05, 0.1) is 11.6 Å². The number of likely N-dealkylation sites (tertiary alicyclic amines) is 1. The molecule has 1 aliphatic heterocycles. The summed E-state index contributed by atoms with van der Waals surface area (Å²) in [6, 6.07) is 0.578. The molecular formula is C12H17N5S. The highest BCUT2D eigenvalue weighted by molar-refractivity contribution is 7.11. The van der Waals surface area contributed by atoms with Gasteiger partial charge in [-0.2, -0.15) is 5.10 Å². The van der Waals surface area contributed by atoms with E-state index in [4.69, 9.17) is 0 Å². The van der Waals surface area contributed by atoms with Crippen molar-refractivity contribution in [3.8, 4) is 0 Å².